The Morgan fingerprint density at radius 1 is 1.12 bits per heavy atom. The minimum Gasteiger partial charge on any atom is -0.393 e. The van der Waals surface area contributed by atoms with Gasteiger partial charge in [-0.15, -0.1) is 0 Å². The molecule has 2 aliphatic rings. The van der Waals surface area contributed by atoms with E-state index in [0.29, 0.717) is 0 Å². The van der Waals surface area contributed by atoms with Crippen molar-refractivity contribution in [2.24, 2.45) is 5.92 Å². The summed E-state index contributed by atoms with van der Waals surface area (Å²) in [5, 5.41) is 0. The van der Waals surface area contributed by atoms with Gasteiger partial charge in [0.25, 0.3) is 0 Å². The van der Waals surface area contributed by atoms with Gasteiger partial charge < -0.3 is 9.47 Å². The Bertz CT molecular complexity index is 429. The van der Waals surface area contributed by atoms with E-state index in [1.54, 1.807) is 14.1 Å². The summed E-state index contributed by atoms with van der Waals surface area (Å²) in [6.45, 7) is 0. The molecule has 0 saturated carbocycles. The first-order chi connectivity index (χ1) is 7.87. The number of hydrogen-bond donors (Lipinski definition) is 0. The first-order valence-corrected chi connectivity index (χ1v) is 5.05. The number of likely N-dealkylation sites (N-methyl/N-ethyl adjacent to an activating group) is 1. The number of carbonyl (C=O) groups excluding carboxylic acids is 4. The van der Waals surface area contributed by atoms with Gasteiger partial charge in [0.05, 0.1) is 18.8 Å². The maximum atomic E-state index is 11.8. The summed E-state index contributed by atoms with van der Waals surface area (Å²) in [5.41, 5.74) is -1.42. The molecule has 2 atom stereocenters. The molecule has 17 heavy (non-hydrogen) atoms. The average Bonchev–Trinajstić information content (AvgIpc) is 2.67. The van der Waals surface area contributed by atoms with Gasteiger partial charge in [-0.2, -0.15) is 0 Å². The molecule has 0 aromatic rings. The predicted molar refractivity (Wildman–Crippen MR) is 51.3 cm³/mol. The Labute approximate surface area is 96.6 Å². The molecule has 2 unspecified atom stereocenters. The van der Waals surface area contributed by atoms with Gasteiger partial charge in [0.2, 0.25) is 0 Å². The third-order valence-electron chi connectivity index (χ3n) is 3.22. The molecule has 2 saturated heterocycles. The predicted octanol–water partition coefficient (Wildman–Crippen LogP) is -1.15. The van der Waals surface area contributed by atoms with Crippen molar-refractivity contribution in [2.45, 2.75) is 18.4 Å². The summed E-state index contributed by atoms with van der Waals surface area (Å²) in [6, 6.07) is 0. The second-order valence-electron chi connectivity index (χ2n) is 4.31. The normalized spacial score (nSPS) is 33.2. The Hall–Kier alpha value is -1.76. The SMILES string of the molecule is CN(C)C1(C2CC(=O)OC2=O)CC(=O)OC1=O. The van der Waals surface area contributed by atoms with Crippen LogP contribution in [-0.2, 0) is 28.7 Å². The highest BCUT2D eigenvalue weighted by Crippen LogP contribution is 2.39. The highest BCUT2D eigenvalue weighted by atomic mass is 16.6. The number of ether oxygens (including phenoxy) is 2. The van der Waals surface area contributed by atoms with Gasteiger partial charge in [-0.25, -0.2) is 4.79 Å². The van der Waals surface area contributed by atoms with Crippen molar-refractivity contribution in [3.8, 4) is 0 Å². The van der Waals surface area contributed by atoms with Gasteiger partial charge in [-0.3, -0.25) is 19.3 Å². The van der Waals surface area contributed by atoms with Crippen molar-refractivity contribution in [1.82, 2.24) is 4.90 Å². The molecule has 7 heteroatoms. The third kappa shape index (κ3) is 1.54. The highest BCUT2D eigenvalue weighted by molar-refractivity contribution is 6.06. The van der Waals surface area contributed by atoms with Crippen LogP contribution in [0.25, 0.3) is 0 Å². The summed E-state index contributed by atoms with van der Waals surface area (Å²) in [5.74, 6) is -3.95. The lowest BCUT2D eigenvalue weighted by Crippen LogP contribution is -2.55. The number of carbonyl (C=O) groups is 4. The van der Waals surface area contributed by atoms with Crippen molar-refractivity contribution in [3.63, 3.8) is 0 Å². The topological polar surface area (TPSA) is 90.0 Å². The lowest BCUT2D eigenvalue weighted by atomic mass is 9.80. The van der Waals surface area contributed by atoms with Gasteiger partial charge in [0.1, 0.15) is 5.54 Å². The van der Waals surface area contributed by atoms with Gasteiger partial charge in [-0.1, -0.05) is 0 Å². The van der Waals surface area contributed by atoms with Crippen molar-refractivity contribution < 1.29 is 28.7 Å². The van der Waals surface area contributed by atoms with Crippen molar-refractivity contribution >= 4 is 23.9 Å². The van der Waals surface area contributed by atoms with Gasteiger partial charge in [0.15, 0.2) is 0 Å². The standard InChI is InChI=1S/C10H11NO6/c1-11(2)10(4-7(13)17-9(10)15)5-3-6(12)16-8(5)14/h5H,3-4H2,1-2H3. The summed E-state index contributed by atoms with van der Waals surface area (Å²) < 4.78 is 8.92. The molecule has 0 N–H and O–H groups in total. The highest BCUT2D eigenvalue weighted by Gasteiger charge is 2.61. The monoisotopic (exact) mass is 241 g/mol. The molecule has 2 heterocycles. The van der Waals surface area contributed by atoms with E-state index < -0.39 is 35.3 Å². The fraction of sp³-hybridized carbons (Fsp3) is 0.600. The Balaban J connectivity index is 2.42. The van der Waals surface area contributed by atoms with Crippen LogP contribution in [0.1, 0.15) is 12.8 Å². The lowest BCUT2D eigenvalue weighted by molar-refractivity contribution is -0.162. The molecule has 0 aromatic heterocycles. The van der Waals surface area contributed by atoms with Crippen LogP contribution in [0.4, 0.5) is 0 Å². The van der Waals surface area contributed by atoms with E-state index in [-0.39, 0.29) is 12.8 Å². The Morgan fingerprint density at radius 2 is 1.76 bits per heavy atom. The van der Waals surface area contributed by atoms with Gasteiger partial charge >= 0.3 is 23.9 Å². The van der Waals surface area contributed by atoms with E-state index in [1.807, 2.05) is 0 Å². The number of rotatable bonds is 2. The molecule has 0 aromatic carbocycles. The zero-order valence-corrected chi connectivity index (χ0v) is 9.39. The maximum Gasteiger partial charge on any atom is 0.335 e. The molecule has 2 rings (SSSR count). The van der Waals surface area contributed by atoms with Crippen LogP contribution in [0.3, 0.4) is 0 Å². The van der Waals surface area contributed by atoms with Crippen LogP contribution < -0.4 is 0 Å². The zero-order valence-electron chi connectivity index (χ0n) is 9.39. The van der Waals surface area contributed by atoms with E-state index in [4.69, 9.17) is 0 Å². The quantitative estimate of drug-likeness (QED) is 0.445. The number of esters is 4. The Kier molecular flexibility index (Phi) is 2.50. The second kappa shape index (κ2) is 3.63. The van der Waals surface area contributed by atoms with Crippen LogP contribution in [0.15, 0.2) is 0 Å². The van der Waals surface area contributed by atoms with E-state index in [1.165, 1.54) is 4.90 Å². The van der Waals surface area contributed by atoms with Crippen LogP contribution in [0.5, 0.6) is 0 Å². The zero-order chi connectivity index (χ0) is 12.8. The first-order valence-electron chi connectivity index (χ1n) is 5.05. The number of cyclic esters (lactones) is 4. The minimum atomic E-state index is -1.42. The van der Waals surface area contributed by atoms with E-state index >= 15 is 0 Å². The van der Waals surface area contributed by atoms with Gasteiger partial charge in [0, 0.05) is 0 Å². The lowest BCUT2D eigenvalue weighted by Gasteiger charge is -2.33. The fourth-order valence-electron chi connectivity index (χ4n) is 2.28. The largest absolute Gasteiger partial charge is 0.393 e. The smallest absolute Gasteiger partial charge is 0.335 e. The first kappa shape index (κ1) is 11.7. The Morgan fingerprint density at radius 3 is 2.12 bits per heavy atom. The molecule has 2 aliphatic heterocycles. The second-order valence-corrected chi connectivity index (χ2v) is 4.31. The molecule has 0 radical (unpaired) electrons. The molecular weight excluding hydrogens is 230 g/mol. The molecule has 2 fully saturated rings. The summed E-state index contributed by atoms with van der Waals surface area (Å²) in [7, 11) is 3.10. The van der Waals surface area contributed by atoms with Crippen LogP contribution in [0.2, 0.25) is 0 Å². The van der Waals surface area contributed by atoms with Crippen molar-refractivity contribution in [3.05, 3.63) is 0 Å². The summed E-state index contributed by atoms with van der Waals surface area (Å²) >= 11 is 0. The number of hydrogen-bond acceptors (Lipinski definition) is 7. The van der Waals surface area contributed by atoms with Crippen molar-refractivity contribution in [2.75, 3.05) is 14.1 Å². The van der Waals surface area contributed by atoms with Crippen LogP contribution >= 0.6 is 0 Å². The van der Waals surface area contributed by atoms with Crippen molar-refractivity contribution in [1.29, 1.82) is 0 Å². The molecule has 0 aliphatic carbocycles. The van der Waals surface area contributed by atoms with E-state index in [0.717, 1.165) is 0 Å². The fourth-order valence-corrected chi connectivity index (χ4v) is 2.28. The maximum absolute atomic E-state index is 11.8. The summed E-state index contributed by atoms with van der Waals surface area (Å²) in [4.78, 5) is 47.1. The molecular formula is C10H11NO6. The van der Waals surface area contributed by atoms with E-state index in [9.17, 15) is 19.2 Å². The molecule has 92 valence electrons. The molecule has 0 spiro atoms. The van der Waals surface area contributed by atoms with Crippen LogP contribution in [-0.4, -0.2) is 48.4 Å². The molecule has 0 amide bonds. The number of nitrogens with zero attached hydrogens (tertiary/aromatic N) is 1. The van der Waals surface area contributed by atoms with E-state index in [2.05, 4.69) is 9.47 Å². The summed E-state index contributed by atoms with van der Waals surface area (Å²) in [6.07, 6.45) is -0.453. The van der Waals surface area contributed by atoms with Gasteiger partial charge in [-0.05, 0) is 14.1 Å². The average molecular weight is 241 g/mol. The third-order valence-corrected chi connectivity index (χ3v) is 3.22. The molecule has 0 bridgehead atoms. The minimum absolute atomic E-state index is 0.209. The van der Waals surface area contributed by atoms with Crippen LogP contribution in [0, 0.1) is 5.92 Å². The molecule has 7 nitrogen and oxygen atoms in total.